The third-order valence-electron chi connectivity index (χ3n) is 4.80. The van der Waals surface area contributed by atoms with Gasteiger partial charge in [-0.25, -0.2) is 4.79 Å². The van der Waals surface area contributed by atoms with Crippen LogP contribution in [0.25, 0.3) is 0 Å². The lowest BCUT2D eigenvalue weighted by Gasteiger charge is -2.32. The van der Waals surface area contributed by atoms with Crippen LogP contribution in [0.2, 0.25) is 0 Å². The van der Waals surface area contributed by atoms with Crippen molar-refractivity contribution in [2.45, 2.75) is 25.8 Å². The Labute approximate surface area is 170 Å². The molecule has 2 aromatic rings. The maximum atomic E-state index is 12.3. The summed E-state index contributed by atoms with van der Waals surface area (Å²) in [6.07, 6.45) is 1.39. The first-order chi connectivity index (χ1) is 14.0. The molecule has 0 spiro atoms. The van der Waals surface area contributed by atoms with E-state index in [-0.39, 0.29) is 30.4 Å². The van der Waals surface area contributed by atoms with Gasteiger partial charge in [0.15, 0.2) is 12.4 Å². The van der Waals surface area contributed by atoms with E-state index in [1.54, 1.807) is 29.2 Å². The fourth-order valence-electron chi connectivity index (χ4n) is 3.16. The molecule has 7 nitrogen and oxygen atoms in total. The average Bonchev–Trinajstić information content (AvgIpc) is 2.74. The summed E-state index contributed by atoms with van der Waals surface area (Å²) < 4.78 is 5.47. The van der Waals surface area contributed by atoms with Gasteiger partial charge in [0.05, 0.1) is 0 Å². The highest BCUT2D eigenvalue weighted by molar-refractivity contribution is 5.94. The number of para-hydroxylation sites is 1. The van der Waals surface area contributed by atoms with E-state index in [2.05, 4.69) is 10.6 Å². The van der Waals surface area contributed by atoms with Crippen molar-refractivity contribution in [1.82, 2.24) is 10.2 Å². The van der Waals surface area contributed by atoms with Gasteiger partial charge >= 0.3 is 6.03 Å². The molecular formula is C22H25N3O4. The van der Waals surface area contributed by atoms with Gasteiger partial charge in [-0.1, -0.05) is 18.2 Å². The molecule has 7 heteroatoms. The fourth-order valence-corrected chi connectivity index (χ4v) is 3.16. The molecule has 0 aliphatic carbocycles. The van der Waals surface area contributed by atoms with Crippen LogP contribution < -0.4 is 15.4 Å². The Morgan fingerprint density at radius 2 is 1.66 bits per heavy atom. The topological polar surface area (TPSA) is 87.7 Å². The van der Waals surface area contributed by atoms with Gasteiger partial charge in [0, 0.05) is 30.4 Å². The average molecular weight is 395 g/mol. The predicted molar refractivity (Wildman–Crippen MR) is 110 cm³/mol. The summed E-state index contributed by atoms with van der Waals surface area (Å²) in [7, 11) is 0. The highest BCUT2D eigenvalue weighted by Gasteiger charge is 2.24. The Hall–Kier alpha value is -3.35. The van der Waals surface area contributed by atoms with E-state index in [0.717, 1.165) is 5.69 Å². The summed E-state index contributed by atoms with van der Waals surface area (Å²) >= 11 is 0. The molecule has 1 fully saturated rings. The van der Waals surface area contributed by atoms with Gasteiger partial charge < -0.3 is 20.3 Å². The van der Waals surface area contributed by atoms with E-state index in [4.69, 9.17) is 4.74 Å². The Balaban J connectivity index is 1.38. The standard InChI is InChI=1S/C22H25N3O4/c1-16(26)17-7-9-20(10-8-17)29-15-21(27)23-19-11-13-25(14-12-19)22(28)24-18-5-3-2-4-6-18/h2-10,19H,11-15H2,1H3,(H,23,27)(H,24,28). The van der Waals surface area contributed by atoms with Crippen LogP contribution in [-0.2, 0) is 4.79 Å². The van der Waals surface area contributed by atoms with Gasteiger partial charge in [0.1, 0.15) is 5.75 Å². The molecule has 29 heavy (non-hydrogen) atoms. The van der Waals surface area contributed by atoms with Crippen molar-refractivity contribution in [1.29, 1.82) is 0 Å². The molecule has 0 radical (unpaired) electrons. The van der Waals surface area contributed by atoms with Crippen LogP contribution >= 0.6 is 0 Å². The first kappa shape index (κ1) is 20.4. The van der Waals surface area contributed by atoms with Crippen molar-refractivity contribution in [2.75, 3.05) is 25.0 Å². The number of ether oxygens (including phenoxy) is 1. The number of carbonyl (C=O) groups is 3. The van der Waals surface area contributed by atoms with Gasteiger partial charge in [-0.3, -0.25) is 9.59 Å². The number of carbonyl (C=O) groups excluding carboxylic acids is 3. The van der Waals surface area contributed by atoms with E-state index in [9.17, 15) is 14.4 Å². The number of benzene rings is 2. The molecule has 2 aromatic carbocycles. The van der Waals surface area contributed by atoms with Crippen molar-refractivity contribution < 1.29 is 19.1 Å². The van der Waals surface area contributed by atoms with Crippen LogP contribution in [0.15, 0.2) is 54.6 Å². The third-order valence-corrected chi connectivity index (χ3v) is 4.80. The van der Waals surface area contributed by atoms with Crippen molar-refractivity contribution in [3.05, 3.63) is 60.2 Å². The molecule has 1 aliphatic heterocycles. The number of rotatable bonds is 6. The molecule has 1 aliphatic rings. The lowest BCUT2D eigenvalue weighted by molar-refractivity contribution is -0.124. The smallest absolute Gasteiger partial charge is 0.321 e. The Morgan fingerprint density at radius 1 is 1.00 bits per heavy atom. The fraction of sp³-hybridized carbons (Fsp3) is 0.318. The monoisotopic (exact) mass is 395 g/mol. The molecular weight excluding hydrogens is 370 g/mol. The number of nitrogens with one attached hydrogen (secondary N) is 2. The predicted octanol–water partition coefficient (Wildman–Crippen LogP) is 3.08. The minimum atomic E-state index is -0.201. The molecule has 2 N–H and O–H groups in total. The summed E-state index contributed by atoms with van der Waals surface area (Å²) in [5.41, 5.74) is 1.37. The zero-order valence-corrected chi connectivity index (χ0v) is 16.4. The second kappa shape index (κ2) is 9.73. The summed E-state index contributed by atoms with van der Waals surface area (Å²) in [6, 6.07) is 15.9. The number of piperidine rings is 1. The normalized spacial score (nSPS) is 14.2. The minimum Gasteiger partial charge on any atom is -0.484 e. The SMILES string of the molecule is CC(=O)c1ccc(OCC(=O)NC2CCN(C(=O)Nc3ccccc3)CC2)cc1. The molecule has 1 saturated heterocycles. The van der Waals surface area contributed by atoms with Gasteiger partial charge in [-0.2, -0.15) is 0 Å². The number of Topliss-reactive ketones (excluding diaryl/α,β-unsaturated/α-hetero) is 1. The molecule has 1 heterocycles. The number of ketones is 1. The number of urea groups is 1. The van der Waals surface area contributed by atoms with Gasteiger partial charge in [0.2, 0.25) is 0 Å². The van der Waals surface area contributed by atoms with Gasteiger partial charge in [-0.05, 0) is 56.2 Å². The highest BCUT2D eigenvalue weighted by atomic mass is 16.5. The van der Waals surface area contributed by atoms with Crippen LogP contribution in [0, 0.1) is 0 Å². The number of hydrogen-bond acceptors (Lipinski definition) is 4. The maximum Gasteiger partial charge on any atom is 0.321 e. The molecule has 3 amide bonds. The third kappa shape index (κ3) is 6.07. The van der Waals surface area contributed by atoms with Crippen LogP contribution in [0.5, 0.6) is 5.75 Å². The van der Waals surface area contributed by atoms with E-state index >= 15 is 0 Å². The number of likely N-dealkylation sites (tertiary alicyclic amines) is 1. The van der Waals surface area contributed by atoms with E-state index < -0.39 is 0 Å². The van der Waals surface area contributed by atoms with Crippen LogP contribution in [0.3, 0.4) is 0 Å². The Morgan fingerprint density at radius 3 is 2.28 bits per heavy atom. The second-order valence-electron chi connectivity index (χ2n) is 6.99. The van der Waals surface area contributed by atoms with Crippen LogP contribution in [0.1, 0.15) is 30.1 Å². The molecule has 0 aromatic heterocycles. The summed E-state index contributed by atoms with van der Waals surface area (Å²) in [5, 5.41) is 5.83. The Kier molecular flexibility index (Phi) is 6.84. The molecule has 0 saturated carbocycles. The van der Waals surface area contributed by atoms with E-state index in [1.165, 1.54) is 6.92 Å². The zero-order chi connectivity index (χ0) is 20.6. The summed E-state index contributed by atoms with van der Waals surface area (Å²) in [5.74, 6) is 0.323. The molecule has 3 rings (SSSR count). The zero-order valence-electron chi connectivity index (χ0n) is 16.4. The van der Waals surface area contributed by atoms with Crippen LogP contribution in [0.4, 0.5) is 10.5 Å². The number of hydrogen-bond donors (Lipinski definition) is 2. The van der Waals surface area contributed by atoms with Crippen molar-refractivity contribution in [3.8, 4) is 5.75 Å². The lowest BCUT2D eigenvalue weighted by atomic mass is 10.1. The van der Waals surface area contributed by atoms with E-state index in [0.29, 0.717) is 37.2 Å². The van der Waals surface area contributed by atoms with E-state index in [1.807, 2.05) is 30.3 Å². The van der Waals surface area contributed by atoms with Crippen molar-refractivity contribution >= 4 is 23.4 Å². The van der Waals surface area contributed by atoms with Crippen molar-refractivity contribution in [3.63, 3.8) is 0 Å². The first-order valence-corrected chi connectivity index (χ1v) is 9.65. The number of amides is 3. The number of anilines is 1. The molecule has 0 bridgehead atoms. The largest absolute Gasteiger partial charge is 0.484 e. The molecule has 0 unspecified atom stereocenters. The quantitative estimate of drug-likeness (QED) is 0.736. The lowest BCUT2D eigenvalue weighted by Crippen LogP contribution is -2.48. The van der Waals surface area contributed by atoms with Gasteiger partial charge in [-0.15, -0.1) is 0 Å². The highest BCUT2D eigenvalue weighted by Crippen LogP contribution is 2.14. The second-order valence-corrected chi connectivity index (χ2v) is 6.99. The number of nitrogens with zero attached hydrogens (tertiary/aromatic N) is 1. The molecule has 0 atom stereocenters. The summed E-state index contributed by atoms with van der Waals surface area (Å²) in [6.45, 7) is 2.57. The first-order valence-electron chi connectivity index (χ1n) is 9.65. The van der Waals surface area contributed by atoms with Gasteiger partial charge in [0.25, 0.3) is 5.91 Å². The molecule has 152 valence electrons. The van der Waals surface area contributed by atoms with Crippen molar-refractivity contribution in [2.24, 2.45) is 0 Å². The Bertz CT molecular complexity index is 844. The minimum absolute atomic E-state index is 0.0157. The maximum absolute atomic E-state index is 12.3. The summed E-state index contributed by atoms with van der Waals surface area (Å²) in [4.78, 5) is 37.5. The van der Waals surface area contributed by atoms with Crippen LogP contribution in [-0.4, -0.2) is 48.4 Å².